The standard InChI is InChI=1S/C32H35ClFN5O6S/c1-3-45-31-24(10-7-15-35-31)28-29(27-23-12-11-20(34)18-25(23)36-30(27)40)39(32(41)42,46(43,44)22-8-5-4-6-9-22)19-26(33)38(28)21-13-16-37(2)17-14-21/h4-12,15,18,21,26-29H,3,13-14,16-17,19H2,1-2H3,(H-,36,40,41,42). The van der Waals surface area contributed by atoms with Crippen LogP contribution < -0.4 is 15.2 Å². The molecule has 14 heteroatoms. The molecule has 11 nitrogen and oxygen atoms in total. The second-order valence-electron chi connectivity index (χ2n) is 11.9. The van der Waals surface area contributed by atoms with Crippen molar-refractivity contribution in [3.05, 3.63) is 83.8 Å². The first-order valence-electron chi connectivity index (χ1n) is 15.2. The van der Waals surface area contributed by atoms with Gasteiger partial charge in [-0.2, -0.15) is 12.3 Å². The minimum atomic E-state index is -4.86. The lowest BCUT2D eigenvalue weighted by Gasteiger charge is -2.57. The van der Waals surface area contributed by atoms with Gasteiger partial charge >= 0.3 is 10.0 Å². The van der Waals surface area contributed by atoms with Gasteiger partial charge in [-0.05, 0) is 75.8 Å². The summed E-state index contributed by atoms with van der Waals surface area (Å²) in [5.41, 5.74) is -0.337. The van der Waals surface area contributed by atoms with Crippen LogP contribution in [0.3, 0.4) is 0 Å². The van der Waals surface area contributed by atoms with Crippen LogP contribution in [0.2, 0.25) is 0 Å². The number of nitrogens with zero attached hydrogens (tertiary/aromatic N) is 4. The first kappa shape index (κ1) is 32.3. The number of anilines is 1. The first-order valence-corrected chi connectivity index (χ1v) is 17.1. The number of piperidine rings is 1. The third kappa shape index (κ3) is 5.23. The number of likely N-dealkylation sites (tertiary alicyclic amines) is 1. The topological polar surface area (TPSA) is 132 Å². The van der Waals surface area contributed by atoms with E-state index in [0.29, 0.717) is 18.4 Å². The van der Waals surface area contributed by atoms with Crippen LogP contribution in [0.25, 0.3) is 0 Å². The Morgan fingerprint density at radius 1 is 1.13 bits per heavy atom. The minimum Gasteiger partial charge on any atom is -0.497 e. The van der Waals surface area contributed by atoms with Crippen molar-refractivity contribution in [3.8, 4) is 5.88 Å². The van der Waals surface area contributed by atoms with Crippen molar-refractivity contribution in [2.24, 2.45) is 0 Å². The Kier molecular flexibility index (Phi) is 8.81. The van der Waals surface area contributed by atoms with Crippen LogP contribution in [-0.4, -0.2) is 90.0 Å². The summed E-state index contributed by atoms with van der Waals surface area (Å²) in [7, 11) is -2.86. The highest BCUT2D eigenvalue weighted by Crippen LogP contribution is 2.53. The molecule has 46 heavy (non-hydrogen) atoms. The van der Waals surface area contributed by atoms with Gasteiger partial charge < -0.3 is 24.9 Å². The summed E-state index contributed by atoms with van der Waals surface area (Å²) in [6.45, 7) is 2.81. The Morgan fingerprint density at radius 2 is 1.85 bits per heavy atom. The predicted octanol–water partition coefficient (Wildman–Crippen LogP) is 3.29. The number of nitrogens with one attached hydrogen (secondary N) is 1. The number of sulfonamides is 1. The maximum absolute atomic E-state index is 14.9. The number of carbonyl (C=O) groups is 2. The van der Waals surface area contributed by atoms with E-state index in [4.69, 9.17) is 16.3 Å². The van der Waals surface area contributed by atoms with Gasteiger partial charge in [0.15, 0.2) is 0 Å². The van der Waals surface area contributed by atoms with Crippen LogP contribution in [0, 0.1) is 5.82 Å². The zero-order valence-corrected chi connectivity index (χ0v) is 27.0. The highest BCUT2D eigenvalue weighted by molar-refractivity contribution is 7.86. The van der Waals surface area contributed by atoms with Gasteiger partial charge in [-0.15, -0.1) is 0 Å². The van der Waals surface area contributed by atoms with E-state index >= 15 is 0 Å². The Morgan fingerprint density at radius 3 is 2.52 bits per heavy atom. The summed E-state index contributed by atoms with van der Waals surface area (Å²) in [6.07, 6.45) is 0.898. The van der Waals surface area contributed by atoms with Gasteiger partial charge in [0.1, 0.15) is 34.7 Å². The number of hydrogen-bond acceptors (Lipinski definition) is 9. The largest absolute Gasteiger partial charge is 0.497 e. The molecule has 2 aromatic carbocycles. The summed E-state index contributed by atoms with van der Waals surface area (Å²) in [6, 6.07) is 11.4. The van der Waals surface area contributed by atoms with Gasteiger partial charge in [-0.25, -0.2) is 9.37 Å². The molecule has 6 rings (SSSR count). The number of halogens is 2. The molecular formula is C32H35ClFN5O6S. The number of piperazine rings is 1. The van der Waals surface area contributed by atoms with E-state index in [-0.39, 0.29) is 34.7 Å². The number of pyridine rings is 1. The fourth-order valence-electron chi connectivity index (χ4n) is 7.35. The van der Waals surface area contributed by atoms with E-state index in [1.807, 2.05) is 11.9 Å². The zero-order valence-electron chi connectivity index (χ0n) is 25.4. The summed E-state index contributed by atoms with van der Waals surface area (Å²) in [5, 5.41) is 16.4. The Labute approximate surface area is 272 Å². The normalized spacial score (nSPS) is 27.6. The number of amides is 2. The van der Waals surface area contributed by atoms with Crippen LogP contribution in [-0.2, 0) is 14.8 Å². The molecule has 5 unspecified atom stereocenters. The highest BCUT2D eigenvalue weighted by atomic mass is 35.5. The number of alkyl halides is 1. The van der Waals surface area contributed by atoms with Crippen molar-refractivity contribution in [2.45, 2.75) is 54.2 Å². The second-order valence-corrected chi connectivity index (χ2v) is 14.5. The van der Waals surface area contributed by atoms with Gasteiger partial charge in [0, 0.05) is 23.5 Å². The smallest absolute Gasteiger partial charge is 0.333 e. The third-order valence-electron chi connectivity index (χ3n) is 9.39. The number of aromatic nitrogens is 1. The van der Waals surface area contributed by atoms with Crippen LogP contribution in [0.1, 0.15) is 42.9 Å². The van der Waals surface area contributed by atoms with Crippen molar-refractivity contribution in [1.82, 2.24) is 14.8 Å². The Hall–Kier alpha value is -3.62. The van der Waals surface area contributed by atoms with Crippen molar-refractivity contribution in [3.63, 3.8) is 0 Å². The van der Waals surface area contributed by atoms with Crippen LogP contribution >= 0.6 is 11.6 Å². The molecule has 3 aromatic rings. The summed E-state index contributed by atoms with van der Waals surface area (Å²) in [4.78, 5) is 36.1. The van der Waals surface area contributed by atoms with E-state index in [1.54, 1.807) is 25.1 Å². The predicted molar refractivity (Wildman–Crippen MR) is 166 cm³/mol. The number of quaternary nitrogens is 1. The minimum absolute atomic E-state index is 0.136. The summed E-state index contributed by atoms with van der Waals surface area (Å²) < 4.78 is 48.4. The number of benzene rings is 2. The molecule has 0 radical (unpaired) electrons. The number of carboxylic acid groups (broad SMARTS) is 1. The monoisotopic (exact) mass is 671 g/mol. The maximum Gasteiger partial charge on any atom is 0.333 e. The van der Waals surface area contributed by atoms with Gasteiger partial charge in [0.05, 0.1) is 12.6 Å². The fourth-order valence-corrected chi connectivity index (χ4v) is 9.90. The zero-order chi connectivity index (χ0) is 32.8. The molecule has 0 spiro atoms. The lowest BCUT2D eigenvalue weighted by Crippen LogP contribution is -2.77. The molecule has 2 fully saturated rings. The SMILES string of the molecule is CCOc1ncccc1C1C(C2C(=O)Nc3cc(F)ccc32)[N+](C(=O)[O-])(S(=O)(=O)c2ccccc2)CC(Cl)N1C1CCN(C)CC1. The van der Waals surface area contributed by atoms with E-state index < -0.39 is 61.8 Å². The van der Waals surface area contributed by atoms with Gasteiger partial charge in [0.2, 0.25) is 11.8 Å². The van der Waals surface area contributed by atoms with Gasteiger partial charge in [0.25, 0.3) is 6.09 Å². The van der Waals surface area contributed by atoms with Crippen molar-refractivity contribution in [1.29, 1.82) is 0 Å². The molecule has 0 aliphatic carbocycles. The molecule has 1 aromatic heterocycles. The van der Waals surface area contributed by atoms with E-state index in [9.17, 15) is 27.5 Å². The molecule has 2 amide bonds. The molecule has 244 valence electrons. The molecule has 4 heterocycles. The lowest BCUT2D eigenvalue weighted by molar-refractivity contribution is -0.799. The average Bonchev–Trinajstić information content (AvgIpc) is 3.35. The van der Waals surface area contributed by atoms with Crippen molar-refractivity contribution >= 4 is 39.3 Å². The molecule has 2 saturated heterocycles. The van der Waals surface area contributed by atoms with Crippen LogP contribution in [0.15, 0.2) is 71.8 Å². The molecule has 5 atom stereocenters. The maximum atomic E-state index is 14.9. The Balaban J connectivity index is 1.69. The Bertz CT molecular complexity index is 1740. The van der Waals surface area contributed by atoms with Crippen molar-refractivity contribution in [2.75, 3.05) is 38.6 Å². The number of carbonyl (C=O) groups excluding carboxylic acids is 2. The fraction of sp³-hybridized carbons (Fsp3) is 0.406. The lowest BCUT2D eigenvalue weighted by atomic mass is 9.80. The molecule has 3 aliphatic rings. The third-order valence-corrected chi connectivity index (χ3v) is 12.0. The number of fused-ring (bicyclic) bond motifs is 1. The van der Waals surface area contributed by atoms with E-state index in [2.05, 4.69) is 15.2 Å². The second kappa shape index (κ2) is 12.5. The van der Waals surface area contributed by atoms with Crippen LogP contribution in [0.5, 0.6) is 5.88 Å². The van der Waals surface area contributed by atoms with E-state index in [1.165, 1.54) is 36.5 Å². The average molecular weight is 672 g/mol. The summed E-state index contributed by atoms with van der Waals surface area (Å²) >= 11 is 7.21. The van der Waals surface area contributed by atoms with Gasteiger partial charge in [-0.3, -0.25) is 9.69 Å². The van der Waals surface area contributed by atoms with Gasteiger partial charge in [-0.1, -0.05) is 41.9 Å². The molecular weight excluding hydrogens is 637 g/mol. The number of rotatable bonds is 7. The highest BCUT2D eigenvalue weighted by Gasteiger charge is 2.67. The van der Waals surface area contributed by atoms with Crippen LogP contribution in [0.4, 0.5) is 14.9 Å². The molecule has 1 N–H and O–H groups in total. The van der Waals surface area contributed by atoms with E-state index in [0.717, 1.165) is 25.2 Å². The quantitative estimate of drug-likeness (QED) is 0.228. The number of hydrogen-bond donors (Lipinski definition) is 1. The molecule has 0 bridgehead atoms. The first-order chi connectivity index (χ1) is 22.0. The van der Waals surface area contributed by atoms with Crippen molar-refractivity contribution < 1.29 is 36.1 Å². The molecule has 0 saturated carbocycles. The summed E-state index contributed by atoms with van der Waals surface area (Å²) in [5.74, 6) is -2.49. The number of ether oxygens (including phenoxy) is 1. The molecule has 3 aliphatic heterocycles.